The summed E-state index contributed by atoms with van der Waals surface area (Å²) in [6, 6.07) is 0. The predicted molar refractivity (Wildman–Crippen MR) is 69.0 cm³/mol. The van der Waals surface area contributed by atoms with Crippen LogP contribution < -0.4 is 0 Å². The first-order chi connectivity index (χ1) is 8.10. The van der Waals surface area contributed by atoms with Crippen molar-refractivity contribution < 1.29 is 18.4 Å². The molecule has 0 aromatic heterocycles. The molecule has 0 fully saturated rings. The molecule has 0 aromatic rings. The molecule has 0 rings (SSSR count). The van der Waals surface area contributed by atoms with Gasteiger partial charge in [0, 0.05) is 0 Å². The van der Waals surface area contributed by atoms with Gasteiger partial charge in [0.25, 0.3) is 5.52 Å². The molecule has 0 radical (unpaired) electrons. The van der Waals surface area contributed by atoms with Crippen molar-refractivity contribution in [1.82, 2.24) is 0 Å². The summed E-state index contributed by atoms with van der Waals surface area (Å²) in [5.41, 5.74) is -0.631. The minimum atomic E-state index is -3.71. The van der Waals surface area contributed by atoms with Crippen molar-refractivity contribution in [3.63, 3.8) is 0 Å². The van der Waals surface area contributed by atoms with Gasteiger partial charge in [-0.25, -0.2) is 0 Å². The van der Waals surface area contributed by atoms with Gasteiger partial charge in [-0.3, -0.25) is 18.4 Å². The molecule has 0 aliphatic carbocycles. The van der Waals surface area contributed by atoms with Crippen molar-refractivity contribution in [3.05, 3.63) is 36.5 Å². The lowest BCUT2D eigenvalue weighted by molar-refractivity contribution is -0.109. The van der Waals surface area contributed by atoms with Gasteiger partial charge in [0.2, 0.25) is 0 Å². The highest BCUT2D eigenvalue weighted by atomic mass is 31.2. The fourth-order valence-corrected chi connectivity index (χ4v) is 2.10. The smallest absolute Gasteiger partial charge is 0.299 e. The molecule has 0 bridgehead atoms. The quantitative estimate of drug-likeness (QED) is 0.380. The fourth-order valence-electron chi connectivity index (χ4n) is 0.873. The zero-order valence-corrected chi connectivity index (χ0v) is 11.4. The molecular weight excluding hydrogens is 239 g/mol. The van der Waals surface area contributed by atoms with Gasteiger partial charge in [0.1, 0.15) is 0 Å². The molecule has 0 aliphatic heterocycles. The first kappa shape index (κ1) is 16.0. The van der Waals surface area contributed by atoms with E-state index in [9.17, 15) is 9.36 Å². The van der Waals surface area contributed by atoms with Gasteiger partial charge in [-0.15, -0.1) is 0 Å². The van der Waals surface area contributed by atoms with Crippen LogP contribution in [-0.4, -0.2) is 18.7 Å². The van der Waals surface area contributed by atoms with Gasteiger partial charge in [-0.05, 0) is 26.8 Å². The van der Waals surface area contributed by atoms with E-state index in [0.29, 0.717) is 0 Å². The highest BCUT2D eigenvalue weighted by Crippen LogP contribution is 2.49. The van der Waals surface area contributed by atoms with E-state index in [1.807, 2.05) is 13.8 Å². The van der Waals surface area contributed by atoms with Crippen LogP contribution in [0.1, 0.15) is 20.8 Å². The molecule has 0 N–H and O–H groups in total. The van der Waals surface area contributed by atoms with Crippen LogP contribution in [0.5, 0.6) is 0 Å². The Morgan fingerprint density at radius 3 is 1.82 bits per heavy atom. The summed E-state index contributed by atoms with van der Waals surface area (Å²) in [5.74, 6) is 0. The minimum Gasteiger partial charge on any atom is -0.299 e. The Balaban J connectivity index is 4.67. The van der Waals surface area contributed by atoms with Crippen molar-refractivity contribution in [2.75, 3.05) is 13.2 Å². The number of hydrogen-bond acceptors (Lipinski definition) is 4. The van der Waals surface area contributed by atoms with Crippen LogP contribution >= 0.6 is 7.60 Å². The van der Waals surface area contributed by atoms with Crippen LogP contribution in [0.4, 0.5) is 0 Å². The average molecular weight is 258 g/mol. The molecule has 5 heteroatoms. The van der Waals surface area contributed by atoms with Gasteiger partial charge in [-0.1, -0.05) is 30.4 Å². The molecule has 96 valence electrons. The Morgan fingerprint density at radius 1 is 1.00 bits per heavy atom. The lowest BCUT2D eigenvalue weighted by Crippen LogP contribution is -2.05. The van der Waals surface area contributed by atoms with E-state index in [1.54, 1.807) is 31.2 Å². The first-order valence-corrected chi connectivity index (χ1v) is 6.93. The Kier molecular flexibility index (Phi) is 8.60. The largest absolute Gasteiger partial charge is 0.401 e. The summed E-state index contributed by atoms with van der Waals surface area (Å²) in [6.45, 7) is 5.46. The summed E-state index contributed by atoms with van der Waals surface area (Å²) in [6.07, 6.45) is 9.52. The summed E-state index contributed by atoms with van der Waals surface area (Å²) in [7, 11) is -3.71. The molecule has 17 heavy (non-hydrogen) atoms. The van der Waals surface area contributed by atoms with E-state index in [4.69, 9.17) is 9.05 Å². The molecule has 0 spiro atoms. The van der Waals surface area contributed by atoms with Gasteiger partial charge < -0.3 is 0 Å². The highest BCUT2D eigenvalue weighted by molar-refractivity contribution is 7.72. The topological polar surface area (TPSA) is 52.6 Å². The zero-order valence-electron chi connectivity index (χ0n) is 10.5. The maximum Gasteiger partial charge on any atom is 0.401 e. The molecule has 0 heterocycles. The lowest BCUT2D eigenvalue weighted by Gasteiger charge is -2.13. The van der Waals surface area contributed by atoms with Crippen molar-refractivity contribution >= 4 is 13.1 Å². The van der Waals surface area contributed by atoms with E-state index in [2.05, 4.69) is 0 Å². The Hall–Kier alpha value is -0.960. The van der Waals surface area contributed by atoms with Crippen LogP contribution in [0, 0.1) is 0 Å². The Morgan fingerprint density at radius 2 is 1.47 bits per heavy atom. The molecule has 0 unspecified atom stereocenters. The summed E-state index contributed by atoms with van der Waals surface area (Å²) >= 11 is 0. The SMILES string of the molecule is CC=CCOP(=O)(OCC=CC)C(=O)C=CC. The lowest BCUT2D eigenvalue weighted by atomic mass is 10.6. The second-order valence-electron chi connectivity index (χ2n) is 3.07. The second kappa shape index (κ2) is 9.11. The normalized spacial score (nSPS) is 15.9. The zero-order chi connectivity index (χ0) is 13.1. The number of carbonyl (C=O) groups is 1. The third kappa shape index (κ3) is 6.37. The van der Waals surface area contributed by atoms with Crippen LogP contribution in [0.3, 0.4) is 0 Å². The summed E-state index contributed by atoms with van der Waals surface area (Å²) in [5, 5.41) is 0. The van der Waals surface area contributed by atoms with Gasteiger partial charge in [0.15, 0.2) is 0 Å². The number of rotatable bonds is 8. The standard InChI is InChI=1S/C12H19O4P/c1-4-7-10-15-17(14,12(13)9-6-3)16-11-8-5-2/h4-9H,10-11H2,1-3H3. The van der Waals surface area contributed by atoms with E-state index >= 15 is 0 Å². The van der Waals surface area contributed by atoms with Crippen molar-refractivity contribution in [2.24, 2.45) is 0 Å². The number of hydrogen-bond donors (Lipinski definition) is 0. The van der Waals surface area contributed by atoms with Crippen LogP contribution in [0.15, 0.2) is 36.5 Å². The second-order valence-corrected chi connectivity index (χ2v) is 5.02. The molecule has 0 amide bonds. The maximum absolute atomic E-state index is 12.1. The van der Waals surface area contributed by atoms with Gasteiger partial charge in [-0.2, -0.15) is 0 Å². The monoisotopic (exact) mass is 258 g/mol. The Bertz CT molecular complexity index is 336. The molecule has 4 nitrogen and oxygen atoms in total. The molecule has 0 saturated carbocycles. The Labute approximate surface area is 103 Å². The molecule has 0 aliphatic rings. The van der Waals surface area contributed by atoms with Crippen molar-refractivity contribution in [2.45, 2.75) is 20.8 Å². The predicted octanol–water partition coefficient (Wildman–Crippen LogP) is 3.47. The maximum atomic E-state index is 12.1. The summed E-state index contributed by atoms with van der Waals surface area (Å²) in [4.78, 5) is 11.6. The summed E-state index contributed by atoms with van der Waals surface area (Å²) < 4.78 is 22.2. The molecule has 0 saturated heterocycles. The van der Waals surface area contributed by atoms with E-state index in [0.717, 1.165) is 0 Å². The molecular formula is C12H19O4P. The third-order valence-corrected chi connectivity index (χ3v) is 3.40. The number of allylic oxidation sites excluding steroid dienone is 4. The van der Waals surface area contributed by atoms with E-state index in [-0.39, 0.29) is 13.2 Å². The van der Waals surface area contributed by atoms with Gasteiger partial charge in [0.05, 0.1) is 13.2 Å². The molecule has 0 atom stereocenters. The fraction of sp³-hybridized carbons (Fsp3) is 0.417. The average Bonchev–Trinajstić information content (AvgIpc) is 2.30. The van der Waals surface area contributed by atoms with Crippen molar-refractivity contribution in [1.29, 1.82) is 0 Å². The van der Waals surface area contributed by atoms with Gasteiger partial charge >= 0.3 is 7.60 Å². The third-order valence-electron chi connectivity index (χ3n) is 1.73. The molecule has 0 aromatic carbocycles. The van der Waals surface area contributed by atoms with Crippen LogP contribution in [-0.2, 0) is 18.4 Å². The van der Waals surface area contributed by atoms with Crippen LogP contribution in [0.2, 0.25) is 0 Å². The minimum absolute atomic E-state index is 0.0902. The van der Waals surface area contributed by atoms with Crippen molar-refractivity contribution in [3.8, 4) is 0 Å². The highest BCUT2D eigenvalue weighted by Gasteiger charge is 2.31. The van der Waals surface area contributed by atoms with E-state index in [1.165, 1.54) is 12.2 Å². The van der Waals surface area contributed by atoms with E-state index < -0.39 is 13.1 Å². The van der Waals surface area contributed by atoms with Crippen LogP contribution in [0.25, 0.3) is 0 Å². The first-order valence-electron chi connectivity index (χ1n) is 5.39. The number of carbonyl (C=O) groups excluding carboxylic acids is 1.